The SMILES string of the molecule is COCCCNc1nccc(Nc2ccc(OCc3ccccc3)cc2)n1. The Morgan fingerprint density at radius 1 is 0.963 bits per heavy atom. The molecular formula is C21H24N4O2. The van der Waals surface area contributed by atoms with Gasteiger partial charge in [0.2, 0.25) is 5.95 Å². The molecule has 0 spiro atoms. The number of methoxy groups -OCH3 is 1. The molecule has 0 fully saturated rings. The fraction of sp³-hybridized carbons (Fsp3) is 0.238. The van der Waals surface area contributed by atoms with E-state index in [2.05, 4.69) is 20.6 Å². The Labute approximate surface area is 159 Å². The second kappa shape index (κ2) is 10.1. The Bertz CT molecular complexity index is 810. The minimum absolute atomic E-state index is 0.553. The number of hydrogen-bond acceptors (Lipinski definition) is 6. The molecule has 0 aliphatic rings. The van der Waals surface area contributed by atoms with Gasteiger partial charge >= 0.3 is 0 Å². The molecule has 0 radical (unpaired) electrons. The van der Waals surface area contributed by atoms with Gasteiger partial charge in [0.05, 0.1) is 0 Å². The maximum absolute atomic E-state index is 5.81. The van der Waals surface area contributed by atoms with E-state index in [-0.39, 0.29) is 0 Å². The molecule has 6 heteroatoms. The van der Waals surface area contributed by atoms with Crippen molar-refractivity contribution >= 4 is 17.5 Å². The fourth-order valence-corrected chi connectivity index (χ4v) is 2.45. The van der Waals surface area contributed by atoms with Crippen LogP contribution in [0.2, 0.25) is 0 Å². The van der Waals surface area contributed by atoms with Crippen molar-refractivity contribution in [2.75, 3.05) is 30.9 Å². The van der Waals surface area contributed by atoms with E-state index in [4.69, 9.17) is 9.47 Å². The van der Waals surface area contributed by atoms with Crippen molar-refractivity contribution in [2.24, 2.45) is 0 Å². The van der Waals surface area contributed by atoms with Gasteiger partial charge in [0.15, 0.2) is 0 Å². The van der Waals surface area contributed by atoms with Gasteiger partial charge in [-0.25, -0.2) is 4.98 Å². The lowest BCUT2D eigenvalue weighted by molar-refractivity contribution is 0.197. The lowest BCUT2D eigenvalue weighted by atomic mass is 10.2. The third kappa shape index (κ3) is 6.27. The third-order valence-electron chi connectivity index (χ3n) is 3.84. The van der Waals surface area contributed by atoms with Gasteiger partial charge in [-0.05, 0) is 42.3 Å². The highest BCUT2D eigenvalue weighted by Crippen LogP contribution is 2.20. The molecule has 6 nitrogen and oxygen atoms in total. The van der Waals surface area contributed by atoms with Crippen LogP contribution >= 0.6 is 0 Å². The number of nitrogens with zero attached hydrogens (tertiary/aromatic N) is 2. The molecule has 2 N–H and O–H groups in total. The monoisotopic (exact) mass is 364 g/mol. The number of nitrogens with one attached hydrogen (secondary N) is 2. The summed E-state index contributed by atoms with van der Waals surface area (Å²) in [4.78, 5) is 8.68. The van der Waals surface area contributed by atoms with Gasteiger partial charge < -0.3 is 20.1 Å². The number of ether oxygens (including phenoxy) is 2. The van der Waals surface area contributed by atoms with Crippen LogP contribution in [0.5, 0.6) is 5.75 Å². The zero-order chi connectivity index (χ0) is 18.7. The standard InChI is InChI=1S/C21H24N4O2/c1-26-15-5-13-22-21-23-14-12-20(25-21)24-18-8-10-19(11-9-18)27-16-17-6-3-2-4-7-17/h2-4,6-12,14H,5,13,15-16H2,1H3,(H2,22,23,24,25). The normalized spacial score (nSPS) is 10.4. The fourth-order valence-electron chi connectivity index (χ4n) is 2.45. The van der Waals surface area contributed by atoms with Gasteiger partial charge in [-0.2, -0.15) is 4.98 Å². The summed E-state index contributed by atoms with van der Waals surface area (Å²) in [7, 11) is 1.69. The van der Waals surface area contributed by atoms with Gasteiger partial charge in [-0.3, -0.25) is 0 Å². The molecule has 0 unspecified atom stereocenters. The van der Waals surface area contributed by atoms with E-state index in [1.165, 1.54) is 0 Å². The van der Waals surface area contributed by atoms with Crippen LogP contribution in [0, 0.1) is 0 Å². The second-order valence-corrected chi connectivity index (χ2v) is 5.96. The van der Waals surface area contributed by atoms with Crippen LogP contribution < -0.4 is 15.4 Å². The molecule has 0 aliphatic heterocycles. The molecule has 2 aromatic carbocycles. The summed E-state index contributed by atoms with van der Waals surface area (Å²) in [5.41, 5.74) is 2.08. The van der Waals surface area contributed by atoms with Crippen molar-refractivity contribution in [3.63, 3.8) is 0 Å². The van der Waals surface area contributed by atoms with Crippen LogP contribution in [0.25, 0.3) is 0 Å². The Morgan fingerprint density at radius 2 is 1.78 bits per heavy atom. The van der Waals surface area contributed by atoms with E-state index in [9.17, 15) is 0 Å². The van der Waals surface area contributed by atoms with Crippen LogP contribution in [0.4, 0.5) is 17.5 Å². The van der Waals surface area contributed by atoms with Crippen molar-refractivity contribution in [3.05, 3.63) is 72.4 Å². The Balaban J connectivity index is 1.52. The van der Waals surface area contributed by atoms with E-state index in [0.29, 0.717) is 19.2 Å². The molecule has 1 heterocycles. The molecule has 0 atom stereocenters. The molecule has 0 saturated heterocycles. The molecule has 140 valence electrons. The van der Waals surface area contributed by atoms with Gasteiger partial charge in [-0.15, -0.1) is 0 Å². The Kier molecular flexibility index (Phi) is 7.00. The van der Waals surface area contributed by atoms with E-state index in [0.717, 1.165) is 35.8 Å². The van der Waals surface area contributed by atoms with Gasteiger partial charge in [0, 0.05) is 32.1 Å². The van der Waals surface area contributed by atoms with Crippen LogP contribution in [0.15, 0.2) is 66.9 Å². The van der Waals surface area contributed by atoms with Crippen molar-refractivity contribution in [1.82, 2.24) is 9.97 Å². The Morgan fingerprint density at radius 3 is 2.56 bits per heavy atom. The van der Waals surface area contributed by atoms with E-state index >= 15 is 0 Å². The second-order valence-electron chi connectivity index (χ2n) is 5.96. The predicted molar refractivity (Wildman–Crippen MR) is 108 cm³/mol. The molecule has 0 bridgehead atoms. The summed E-state index contributed by atoms with van der Waals surface area (Å²) in [6.07, 6.45) is 2.63. The highest BCUT2D eigenvalue weighted by atomic mass is 16.5. The third-order valence-corrected chi connectivity index (χ3v) is 3.84. The average molecular weight is 364 g/mol. The molecule has 0 saturated carbocycles. The lowest BCUT2D eigenvalue weighted by Crippen LogP contribution is -2.08. The predicted octanol–water partition coefficient (Wildman–Crippen LogP) is 4.25. The molecule has 0 amide bonds. The number of benzene rings is 2. The van der Waals surface area contributed by atoms with Gasteiger partial charge in [0.25, 0.3) is 0 Å². The van der Waals surface area contributed by atoms with Crippen LogP contribution in [0.1, 0.15) is 12.0 Å². The van der Waals surface area contributed by atoms with Crippen LogP contribution in [-0.2, 0) is 11.3 Å². The van der Waals surface area contributed by atoms with Crippen molar-refractivity contribution in [3.8, 4) is 5.75 Å². The van der Waals surface area contributed by atoms with Crippen molar-refractivity contribution in [2.45, 2.75) is 13.0 Å². The average Bonchev–Trinajstić information content (AvgIpc) is 2.72. The number of rotatable bonds is 10. The van der Waals surface area contributed by atoms with E-state index in [1.807, 2.05) is 60.7 Å². The topological polar surface area (TPSA) is 68.3 Å². The van der Waals surface area contributed by atoms with E-state index < -0.39 is 0 Å². The molecule has 0 aliphatic carbocycles. The van der Waals surface area contributed by atoms with Crippen LogP contribution in [0.3, 0.4) is 0 Å². The summed E-state index contributed by atoms with van der Waals surface area (Å²) in [5, 5.41) is 6.46. The Hall–Kier alpha value is -3.12. The minimum atomic E-state index is 0.553. The lowest BCUT2D eigenvalue weighted by Gasteiger charge is -2.10. The van der Waals surface area contributed by atoms with E-state index in [1.54, 1.807) is 13.3 Å². The molecule has 3 rings (SSSR count). The first-order valence-electron chi connectivity index (χ1n) is 8.93. The zero-order valence-corrected chi connectivity index (χ0v) is 15.4. The molecule has 1 aromatic heterocycles. The number of anilines is 3. The van der Waals surface area contributed by atoms with Crippen LogP contribution in [-0.4, -0.2) is 30.2 Å². The summed E-state index contributed by atoms with van der Waals surface area (Å²) in [6, 6.07) is 19.8. The first kappa shape index (κ1) is 18.7. The first-order valence-corrected chi connectivity index (χ1v) is 8.93. The maximum Gasteiger partial charge on any atom is 0.224 e. The first-order chi connectivity index (χ1) is 13.3. The van der Waals surface area contributed by atoms with Gasteiger partial charge in [0.1, 0.15) is 18.2 Å². The van der Waals surface area contributed by atoms with Crippen molar-refractivity contribution < 1.29 is 9.47 Å². The number of aromatic nitrogens is 2. The molecular weight excluding hydrogens is 340 g/mol. The largest absolute Gasteiger partial charge is 0.489 e. The summed E-state index contributed by atoms with van der Waals surface area (Å²) < 4.78 is 10.8. The maximum atomic E-state index is 5.81. The quantitative estimate of drug-likeness (QED) is 0.524. The highest BCUT2D eigenvalue weighted by molar-refractivity contribution is 5.57. The summed E-state index contributed by atoms with van der Waals surface area (Å²) in [5.74, 6) is 2.16. The minimum Gasteiger partial charge on any atom is -0.489 e. The van der Waals surface area contributed by atoms with Crippen molar-refractivity contribution in [1.29, 1.82) is 0 Å². The zero-order valence-electron chi connectivity index (χ0n) is 15.4. The molecule has 27 heavy (non-hydrogen) atoms. The summed E-state index contributed by atoms with van der Waals surface area (Å²) >= 11 is 0. The number of hydrogen-bond donors (Lipinski definition) is 2. The highest BCUT2D eigenvalue weighted by Gasteiger charge is 2.01. The summed E-state index contributed by atoms with van der Waals surface area (Å²) in [6.45, 7) is 2.03. The molecule has 3 aromatic rings. The van der Waals surface area contributed by atoms with Gasteiger partial charge in [-0.1, -0.05) is 30.3 Å². The smallest absolute Gasteiger partial charge is 0.224 e.